The molecule has 1 N–H and O–H groups in total. The summed E-state index contributed by atoms with van der Waals surface area (Å²) in [5.41, 5.74) is 1.98. The smallest absolute Gasteiger partial charge is 0.264 e. The van der Waals surface area contributed by atoms with Crippen LogP contribution in [0.25, 0.3) is 0 Å². The highest BCUT2D eigenvalue weighted by Gasteiger charge is 2.34. The Bertz CT molecular complexity index is 1670. The molecule has 8 nitrogen and oxygen atoms in total. The summed E-state index contributed by atoms with van der Waals surface area (Å²) in [6.45, 7) is 5.58. The molecule has 0 spiro atoms. The number of rotatable bonds is 14. The average Bonchev–Trinajstić information content (AvgIpc) is 3.02. The number of ether oxygens (including phenoxy) is 1. The first-order valence-corrected chi connectivity index (χ1v) is 17.0. The van der Waals surface area contributed by atoms with E-state index in [4.69, 9.17) is 4.74 Å². The van der Waals surface area contributed by atoms with E-state index in [0.29, 0.717) is 18.0 Å². The number of sulfonamides is 1. The topological polar surface area (TPSA) is 96.0 Å². The van der Waals surface area contributed by atoms with Crippen LogP contribution < -0.4 is 14.4 Å². The molecule has 0 heterocycles. The van der Waals surface area contributed by atoms with Crippen molar-refractivity contribution in [3.05, 3.63) is 125 Å². The maximum Gasteiger partial charge on any atom is 0.264 e. The molecule has 4 rings (SSSR count). The molecule has 0 bridgehead atoms. The van der Waals surface area contributed by atoms with Crippen LogP contribution in [0.4, 0.5) is 5.69 Å². The first-order chi connectivity index (χ1) is 21.6. The Morgan fingerprint density at radius 2 is 1.47 bits per heavy atom. The van der Waals surface area contributed by atoms with Gasteiger partial charge in [0.2, 0.25) is 11.8 Å². The fourth-order valence-electron chi connectivity index (χ4n) is 4.89. The van der Waals surface area contributed by atoms with Gasteiger partial charge in [0.1, 0.15) is 18.3 Å². The van der Waals surface area contributed by atoms with Gasteiger partial charge in [0.05, 0.1) is 17.2 Å². The minimum atomic E-state index is -4.20. The van der Waals surface area contributed by atoms with Gasteiger partial charge in [-0.3, -0.25) is 13.9 Å². The summed E-state index contributed by atoms with van der Waals surface area (Å²) in [4.78, 5) is 29.7. The molecule has 45 heavy (non-hydrogen) atoms. The molecule has 0 saturated heterocycles. The van der Waals surface area contributed by atoms with Crippen molar-refractivity contribution in [2.75, 3.05) is 17.5 Å². The molecule has 4 aromatic carbocycles. The molecule has 0 aromatic heterocycles. The van der Waals surface area contributed by atoms with Gasteiger partial charge in [-0.2, -0.15) is 0 Å². The maximum atomic E-state index is 14.5. The molecule has 2 amide bonds. The van der Waals surface area contributed by atoms with E-state index < -0.39 is 28.5 Å². The zero-order valence-corrected chi connectivity index (χ0v) is 28.0. The van der Waals surface area contributed by atoms with Gasteiger partial charge in [0.15, 0.2) is 0 Å². The van der Waals surface area contributed by atoms with Crippen LogP contribution in [0, 0.1) is 0 Å². The Hall–Kier alpha value is -4.15. The van der Waals surface area contributed by atoms with E-state index in [1.165, 1.54) is 17.0 Å². The number of para-hydroxylation sites is 1. The van der Waals surface area contributed by atoms with Crippen molar-refractivity contribution in [3.8, 4) is 5.75 Å². The van der Waals surface area contributed by atoms with Crippen molar-refractivity contribution >= 4 is 43.5 Å². The minimum absolute atomic E-state index is 0.0135. The highest BCUT2D eigenvalue weighted by Crippen LogP contribution is 2.26. The second-order valence-electron chi connectivity index (χ2n) is 10.8. The summed E-state index contributed by atoms with van der Waals surface area (Å²) in [5, 5.41) is 2.97. The standard InChI is InChI=1S/C35H38BrN3O5S/c1-4-44-31-18-20-32(21-19-31)45(42,43)39(30-16-9-6-10-17-30)25-34(40)38(24-28-14-11-15-29(36)22-28)33(35(41)37-26(2)3)23-27-12-7-5-8-13-27/h5-22,26,33H,4,23-25H2,1-3H3,(H,37,41)/t33-/m0/s1. The number of carbonyl (C=O) groups excluding carboxylic acids is 2. The molecule has 0 aliphatic heterocycles. The maximum absolute atomic E-state index is 14.5. The normalized spacial score (nSPS) is 11.9. The molecule has 0 fully saturated rings. The first kappa shape index (κ1) is 33.7. The number of nitrogens with one attached hydrogen (secondary N) is 1. The predicted molar refractivity (Wildman–Crippen MR) is 180 cm³/mol. The van der Waals surface area contributed by atoms with Crippen LogP contribution in [0.15, 0.2) is 119 Å². The van der Waals surface area contributed by atoms with Gasteiger partial charge in [0, 0.05) is 23.5 Å². The zero-order valence-electron chi connectivity index (χ0n) is 25.6. The van der Waals surface area contributed by atoms with Crippen LogP contribution in [0.2, 0.25) is 0 Å². The molecule has 1 atom stereocenters. The van der Waals surface area contributed by atoms with Crippen molar-refractivity contribution in [2.24, 2.45) is 0 Å². The van der Waals surface area contributed by atoms with Gasteiger partial charge >= 0.3 is 0 Å². The Kier molecular flexibility index (Phi) is 11.8. The number of carbonyl (C=O) groups is 2. The molecule has 0 saturated carbocycles. The van der Waals surface area contributed by atoms with Gasteiger partial charge < -0.3 is 15.0 Å². The van der Waals surface area contributed by atoms with Crippen molar-refractivity contribution in [3.63, 3.8) is 0 Å². The van der Waals surface area contributed by atoms with Gasteiger partial charge in [-0.05, 0) is 80.4 Å². The third-order valence-electron chi connectivity index (χ3n) is 6.99. The minimum Gasteiger partial charge on any atom is -0.494 e. The second kappa shape index (κ2) is 15.7. The summed E-state index contributed by atoms with van der Waals surface area (Å²) in [5.74, 6) is -0.301. The fourth-order valence-corrected chi connectivity index (χ4v) is 6.75. The lowest BCUT2D eigenvalue weighted by Crippen LogP contribution is -2.54. The number of amides is 2. The van der Waals surface area contributed by atoms with Crippen LogP contribution >= 0.6 is 15.9 Å². The van der Waals surface area contributed by atoms with Gasteiger partial charge in [-0.25, -0.2) is 8.42 Å². The van der Waals surface area contributed by atoms with Crippen molar-refractivity contribution in [1.82, 2.24) is 10.2 Å². The van der Waals surface area contributed by atoms with E-state index in [2.05, 4.69) is 21.2 Å². The Morgan fingerprint density at radius 3 is 2.07 bits per heavy atom. The van der Waals surface area contributed by atoms with Crippen LogP contribution in [0.5, 0.6) is 5.75 Å². The number of halogens is 1. The molecular formula is C35H38BrN3O5S. The van der Waals surface area contributed by atoms with Gasteiger partial charge in [0.25, 0.3) is 10.0 Å². The van der Waals surface area contributed by atoms with Crippen molar-refractivity contribution in [2.45, 2.75) is 50.7 Å². The summed E-state index contributed by atoms with van der Waals surface area (Å²) in [6, 6.07) is 30.5. The Balaban J connectivity index is 1.78. The van der Waals surface area contributed by atoms with E-state index in [0.717, 1.165) is 19.9 Å². The van der Waals surface area contributed by atoms with E-state index in [1.807, 2.05) is 75.4 Å². The van der Waals surface area contributed by atoms with Crippen LogP contribution in [-0.2, 0) is 32.6 Å². The molecule has 10 heteroatoms. The lowest BCUT2D eigenvalue weighted by Gasteiger charge is -2.34. The zero-order chi connectivity index (χ0) is 32.4. The fraction of sp³-hybridized carbons (Fsp3) is 0.257. The number of anilines is 1. The molecule has 0 aliphatic carbocycles. The lowest BCUT2D eigenvalue weighted by atomic mass is 10.0. The van der Waals surface area contributed by atoms with Crippen LogP contribution in [0.3, 0.4) is 0 Å². The molecule has 236 valence electrons. The average molecular weight is 693 g/mol. The predicted octanol–water partition coefficient (Wildman–Crippen LogP) is 6.21. The third-order valence-corrected chi connectivity index (χ3v) is 9.27. The van der Waals surface area contributed by atoms with E-state index >= 15 is 0 Å². The van der Waals surface area contributed by atoms with Crippen molar-refractivity contribution < 1.29 is 22.7 Å². The molecule has 4 aromatic rings. The quantitative estimate of drug-likeness (QED) is 0.170. The highest BCUT2D eigenvalue weighted by atomic mass is 79.9. The lowest BCUT2D eigenvalue weighted by molar-refractivity contribution is -0.140. The summed E-state index contributed by atoms with van der Waals surface area (Å²) >= 11 is 3.50. The largest absolute Gasteiger partial charge is 0.494 e. The van der Waals surface area contributed by atoms with E-state index in [1.54, 1.807) is 42.5 Å². The molecular weight excluding hydrogens is 654 g/mol. The number of hydrogen-bond donors (Lipinski definition) is 1. The van der Waals surface area contributed by atoms with Crippen LogP contribution in [0.1, 0.15) is 31.9 Å². The number of nitrogens with zero attached hydrogens (tertiary/aromatic N) is 2. The van der Waals surface area contributed by atoms with E-state index in [-0.39, 0.29) is 29.8 Å². The number of benzene rings is 4. The molecule has 0 aliphatic rings. The third kappa shape index (κ3) is 9.18. The summed E-state index contributed by atoms with van der Waals surface area (Å²) < 4.78 is 35.7. The number of hydrogen-bond acceptors (Lipinski definition) is 5. The highest BCUT2D eigenvalue weighted by molar-refractivity contribution is 9.10. The van der Waals surface area contributed by atoms with E-state index in [9.17, 15) is 18.0 Å². The van der Waals surface area contributed by atoms with Gasteiger partial charge in [-0.15, -0.1) is 0 Å². The first-order valence-electron chi connectivity index (χ1n) is 14.8. The summed E-state index contributed by atoms with van der Waals surface area (Å²) in [6.07, 6.45) is 0.246. The summed E-state index contributed by atoms with van der Waals surface area (Å²) in [7, 11) is -4.20. The monoisotopic (exact) mass is 691 g/mol. The molecule has 0 radical (unpaired) electrons. The van der Waals surface area contributed by atoms with Crippen LogP contribution in [-0.4, -0.2) is 50.4 Å². The van der Waals surface area contributed by atoms with Crippen molar-refractivity contribution in [1.29, 1.82) is 0 Å². The Labute approximate surface area is 274 Å². The SMILES string of the molecule is CCOc1ccc(S(=O)(=O)N(CC(=O)N(Cc2cccc(Br)c2)[C@@H](Cc2ccccc2)C(=O)NC(C)C)c2ccccc2)cc1. The second-order valence-corrected chi connectivity index (χ2v) is 13.6. The molecule has 0 unspecified atom stereocenters. The van der Waals surface area contributed by atoms with Gasteiger partial charge in [-0.1, -0.05) is 76.6 Å². The Morgan fingerprint density at radius 1 is 0.844 bits per heavy atom.